The van der Waals surface area contributed by atoms with Crippen molar-refractivity contribution >= 4 is 5.57 Å². The van der Waals surface area contributed by atoms with Gasteiger partial charge in [-0.05, 0) is 43.0 Å². The second kappa shape index (κ2) is 2.46. The molecule has 1 aromatic carbocycles. The Labute approximate surface area is 78.7 Å². The highest BCUT2D eigenvalue weighted by Gasteiger charge is 2.34. The van der Waals surface area contributed by atoms with Crippen LogP contribution in [0.4, 0.5) is 0 Å². The number of hydrogen-bond acceptors (Lipinski definition) is 1. The molecule has 0 heterocycles. The van der Waals surface area contributed by atoms with E-state index in [1.165, 1.54) is 11.1 Å². The zero-order valence-electron chi connectivity index (χ0n) is 8.26. The summed E-state index contributed by atoms with van der Waals surface area (Å²) in [5.41, 5.74) is 3.73. The van der Waals surface area contributed by atoms with E-state index in [-0.39, 0.29) is 0 Å². The number of allylic oxidation sites excluding steroid dienone is 1. The summed E-state index contributed by atoms with van der Waals surface area (Å²) in [4.78, 5) is 0. The van der Waals surface area contributed by atoms with Gasteiger partial charge in [-0.3, -0.25) is 0 Å². The van der Waals surface area contributed by atoms with Crippen molar-refractivity contribution in [3.8, 4) is 0 Å². The Morgan fingerprint density at radius 2 is 1.77 bits per heavy atom. The molecule has 0 unspecified atom stereocenters. The van der Waals surface area contributed by atoms with Gasteiger partial charge in [0.1, 0.15) is 5.60 Å². The number of benzene rings is 1. The first-order valence-corrected chi connectivity index (χ1v) is 4.55. The van der Waals surface area contributed by atoms with Crippen molar-refractivity contribution in [2.45, 2.75) is 26.4 Å². The van der Waals surface area contributed by atoms with Crippen LogP contribution in [0.3, 0.4) is 0 Å². The molecule has 1 aliphatic rings. The number of fused-ring (bicyclic) bond motifs is 1. The lowest BCUT2D eigenvalue weighted by molar-refractivity contribution is 0.102. The van der Waals surface area contributed by atoms with Crippen molar-refractivity contribution in [3.63, 3.8) is 0 Å². The first-order valence-electron chi connectivity index (χ1n) is 4.55. The van der Waals surface area contributed by atoms with Gasteiger partial charge in [0, 0.05) is 0 Å². The Hall–Kier alpha value is -1.08. The average molecular weight is 174 g/mol. The van der Waals surface area contributed by atoms with Gasteiger partial charge in [-0.25, -0.2) is 0 Å². The Kier molecular flexibility index (Phi) is 1.61. The number of rotatable bonds is 0. The Bertz CT molecular complexity index is 386. The molecule has 0 saturated heterocycles. The largest absolute Gasteiger partial charge is 0.381 e. The second-order valence-electron chi connectivity index (χ2n) is 3.87. The van der Waals surface area contributed by atoms with Crippen LogP contribution in [0.2, 0.25) is 0 Å². The van der Waals surface area contributed by atoms with Crippen molar-refractivity contribution in [3.05, 3.63) is 41.0 Å². The Morgan fingerprint density at radius 1 is 1.15 bits per heavy atom. The van der Waals surface area contributed by atoms with Crippen molar-refractivity contribution in [2.24, 2.45) is 0 Å². The Balaban J connectivity index is 2.74. The van der Waals surface area contributed by atoms with E-state index in [0.717, 1.165) is 11.1 Å². The van der Waals surface area contributed by atoms with E-state index in [1.807, 2.05) is 32.0 Å². The van der Waals surface area contributed by atoms with Crippen LogP contribution in [-0.2, 0) is 5.60 Å². The maximum absolute atomic E-state index is 10.2. The van der Waals surface area contributed by atoms with E-state index in [1.54, 1.807) is 0 Å². The van der Waals surface area contributed by atoms with Crippen LogP contribution in [0.1, 0.15) is 31.9 Å². The van der Waals surface area contributed by atoms with Crippen LogP contribution in [0, 0.1) is 0 Å². The van der Waals surface area contributed by atoms with Gasteiger partial charge < -0.3 is 5.11 Å². The third kappa shape index (κ3) is 0.971. The molecular formula is C12H14O. The normalized spacial score (nSPS) is 26.5. The molecule has 68 valence electrons. The van der Waals surface area contributed by atoms with Gasteiger partial charge in [0.2, 0.25) is 0 Å². The SMILES string of the molecule is CC1=C(C)[C@@](C)(O)c2ccccc21. The first kappa shape index (κ1) is 8.52. The van der Waals surface area contributed by atoms with Crippen molar-refractivity contribution < 1.29 is 5.11 Å². The first-order chi connectivity index (χ1) is 6.05. The smallest absolute Gasteiger partial charge is 0.109 e. The summed E-state index contributed by atoms with van der Waals surface area (Å²) in [5, 5.41) is 10.2. The van der Waals surface area contributed by atoms with Crippen LogP contribution >= 0.6 is 0 Å². The highest BCUT2D eigenvalue weighted by Crippen LogP contribution is 2.43. The molecule has 0 fully saturated rings. The summed E-state index contributed by atoms with van der Waals surface area (Å²) in [7, 11) is 0. The van der Waals surface area contributed by atoms with Gasteiger partial charge in [-0.1, -0.05) is 24.3 Å². The van der Waals surface area contributed by atoms with Gasteiger partial charge in [-0.15, -0.1) is 0 Å². The zero-order valence-corrected chi connectivity index (χ0v) is 8.26. The van der Waals surface area contributed by atoms with E-state index in [9.17, 15) is 5.11 Å². The summed E-state index contributed by atoms with van der Waals surface area (Å²) in [6, 6.07) is 8.04. The topological polar surface area (TPSA) is 20.2 Å². The molecule has 13 heavy (non-hydrogen) atoms. The van der Waals surface area contributed by atoms with Crippen molar-refractivity contribution in [2.75, 3.05) is 0 Å². The van der Waals surface area contributed by atoms with E-state index >= 15 is 0 Å². The molecule has 0 saturated carbocycles. The molecular weight excluding hydrogens is 160 g/mol. The molecule has 2 rings (SSSR count). The molecule has 1 nitrogen and oxygen atoms in total. The van der Waals surface area contributed by atoms with E-state index in [0.29, 0.717) is 0 Å². The lowest BCUT2D eigenvalue weighted by Crippen LogP contribution is -2.19. The maximum atomic E-state index is 10.2. The lowest BCUT2D eigenvalue weighted by Gasteiger charge is -2.20. The predicted molar refractivity (Wildman–Crippen MR) is 54.3 cm³/mol. The summed E-state index contributed by atoms with van der Waals surface area (Å²) in [6.07, 6.45) is 0. The van der Waals surface area contributed by atoms with E-state index < -0.39 is 5.60 Å². The van der Waals surface area contributed by atoms with Gasteiger partial charge in [0.25, 0.3) is 0 Å². The fourth-order valence-corrected chi connectivity index (χ4v) is 2.00. The average Bonchev–Trinajstić information content (AvgIpc) is 2.30. The lowest BCUT2D eigenvalue weighted by atomic mass is 9.94. The van der Waals surface area contributed by atoms with Crippen LogP contribution in [-0.4, -0.2) is 5.11 Å². The highest BCUT2D eigenvalue weighted by molar-refractivity contribution is 5.77. The predicted octanol–water partition coefficient (Wildman–Crippen LogP) is 2.70. The summed E-state index contributed by atoms with van der Waals surface area (Å²) in [5.74, 6) is 0. The molecule has 0 bridgehead atoms. The van der Waals surface area contributed by atoms with Crippen LogP contribution < -0.4 is 0 Å². The summed E-state index contributed by atoms with van der Waals surface area (Å²) >= 11 is 0. The molecule has 0 aliphatic heterocycles. The van der Waals surface area contributed by atoms with Gasteiger partial charge in [0.15, 0.2) is 0 Å². The van der Waals surface area contributed by atoms with Crippen molar-refractivity contribution in [1.82, 2.24) is 0 Å². The summed E-state index contributed by atoms with van der Waals surface area (Å²) < 4.78 is 0. The standard InChI is InChI=1S/C12H14O/c1-8-9(2)12(3,13)11-7-5-4-6-10(8)11/h4-7,13H,1-3H3/t12-/m1/s1. The molecule has 1 atom stereocenters. The third-order valence-electron chi connectivity index (χ3n) is 3.15. The van der Waals surface area contributed by atoms with Crippen molar-refractivity contribution in [1.29, 1.82) is 0 Å². The molecule has 1 aromatic rings. The zero-order chi connectivity index (χ0) is 9.64. The van der Waals surface area contributed by atoms with Gasteiger partial charge in [-0.2, -0.15) is 0 Å². The van der Waals surface area contributed by atoms with Crippen LogP contribution in [0.15, 0.2) is 29.8 Å². The molecule has 0 spiro atoms. The Morgan fingerprint density at radius 3 is 2.38 bits per heavy atom. The van der Waals surface area contributed by atoms with Gasteiger partial charge >= 0.3 is 0 Å². The number of hydrogen-bond donors (Lipinski definition) is 1. The van der Waals surface area contributed by atoms with E-state index in [2.05, 4.69) is 13.0 Å². The molecule has 1 aliphatic carbocycles. The van der Waals surface area contributed by atoms with E-state index in [4.69, 9.17) is 0 Å². The maximum Gasteiger partial charge on any atom is 0.109 e. The minimum atomic E-state index is -0.763. The molecule has 0 amide bonds. The molecule has 1 heteroatoms. The summed E-state index contributed by atoms with van der Waals surface area (Å²) in [6.45, 7) is 5.92. The fraction of sp³-hybridized carbons (Fsp3) is 0.333. The molecule has 0 aromatic heterocycles. The van der Waals surface area contributed by atoms with Crippen LogP contribution in [0.5, 0.6) is 0 Å². The quantitative estimate of drug-likeness (QED) is 0.641. The highest BCUT2D eigenvalue weighted by atomic mass is 16.3. The van der Waals surface area contributed by atoms with Crippen LogP contribution in [0.25, 0.3) is 5.57 Å². The molecule has 1 N–H and O–H groups in total. The third-order valence-corrected chi connectivity index (χ3v) is 3.15. The van der Waals surface area contributed by atoms with Gasteiger partial charge in [0.05, 0.1) is 0 Å². The fourth-order valence-electron chi connectivity index (χ4n) is 2.00. The minimum Gasteiger partial charge on any atom is -0.381 e. The number of aliphatic hydroxyl groups is 1. The second-order valence-corrected chi connectivity index (χ2v) is 3.87. The monoisotopic (exact) mass is 174 g/mol. The minimum absolute atomic E-state index is 0.763. The molecule has 0 radical (unpaired) electrons.